The quantitative estimate of drug-likeness (QED) is 0.560. The lowest BCUT2D eigenvalue weighted by atomic mass is 10.1. The molecule has 0 saturated carbocycles. The highest BCUT2D eigenvalue weighted by Gasteiger charge is 2.27. The lowest BCUT2D eigenvalue weighted by Crippen LogP contribution is -2.38. The summed E-state index contributed by atoms with van der Waals surface area (Å²) in [5.74, 6) is 0.670. The summed E-state index contributed by atoms with van der Waals surface area (Å²) in [4.78, 5) is 4.22. The van der Waals surface area contributed by atoms with E-state index in [1.54, 1.807) is 19.2 Å². The second kappa shape index (κ2) is 9.97. The fourth-order valence-electron chi connectivity index (χ4n) is 2.45. The Balaban J connectivity index is 1.80. The van der Waals surface area contributed by atoms with Crippen molar-refractivity contribution >= 4 is 5.96 Å². The molecule has 1 unspecified atom stereocenters. The van der Waals surface area contributed by atoms with Crippen LogP contribution in [0, 0.1) is 0 Å². The molecule has 0 aliphatic rings. The molecule has 146 valence electrons. The van der Waals surface area contributed by atoms with Crippen molar-refractivity contribution in [1.29, 1.82) is 0 Å². The number of hydrogen-bond donors (Lipinski definition) is 2. The number of aliphatic imine (C=N–C) groups is 1. The molecule has 0 heterocycles. The van der Waals surface area contributed by atoms with Gasteiger partial charge in [0.05, 0.1) is 12.6 Å². The smallest absolute Gasteiger partial charge is 0.367 e. The van der Waals surface area contributed by atoms with E-state index >= 15 is 0 Å². The molecule has 2 N–H and O–H groups in total. The lowest BCUT2D eigenvalue weighted by molar-refractivity contribution is -0.176. The van der Waals surface area contributed by atoms with Gasteiger partial charge in [0.15, 0.2) is 5.96 Å². The Kier molecular flexibility index (Phi) is 7.67. The summed E-state index contributed by atoms with van der Waals surface area (Å²) < 4.78 is 40.9. The van der Waals surface area contributed by atoms with E-state index in [1.807, 2.05) is 42.5 Å². The highest BCUT2D eigenvalue weighted by molar-refractivity contribution is 5.80. The fraction of sp³-hybridized carbons (Fsp3) is 0.350. The molecule has 1 atom stereocenters. The number of nitrogens with one attached hydrogen (secondary N) is 2. The van der Waals surface area contributed by atoms with Gasteiger partial charge in [-0.2, -0.15) is 13.2 Å². The van der Waals surface area contributed by atoms with E-state index in [0.717, 1.165) is 11.1 Å². The SMILES string of the molecule is CN=C(NCc1ccc(COCC(F)(F)F)cc1)NC(C)c1ccccc1. The van der Waals surface area contributed by atoms with Crippen molar-refractivity contribution in [2.45, 2.75) is 32.3 Å². The van der Waals surface area contributed by atoms with Crippen LogP contribution in [0.15, 0.2) is 59.6 Å². The predicted octanol–water partition coefficient (Wildman–Crippen LogP) is 4.19. The molecule has 4 nitrogen and oxygen atoms in total. The van der Waals surface area contributed by atoms with Gasteiger partial charge in [-0.25, -0.2) is 0 Å². The van der Waals surface area contributed by atoms with Gasteiger partial charge in [0.1, 0.15) is 6.61 Å². The van der Waals surface area contributed by atoms with Gasteiger partial charge in [-0.15, -0.1) is 0 Å². The van der Waals surface area contributed by atoms with Crippen molar-refractivity contribution in [1.82, 2.24) is 10.6 Å². The summed E-state index contributed by atoms with van der Waals surface area (Å²) in [7, 11) is 1.70. The van der Waals surface area contributed by atoms with Crippen LogP contribution >= 0.6 is 0 Å². The molecular formula is C20H24F3N3O. The molecule has 0 saturated heterocycles. The Morgan fingerprint density at radius 1 is 1.04 bits per heavy atom. The third-order valence-electron chi connectivity index (χ3n) is 3.89. The maximum Gasteiger partial charge on any atom is 0.411 e. The number of ether oxygens (including phenoxy) is 1. The number of rotatable bonds is 7. The summed E-state index contributed by atoms with van der Waals surface area (Å²) in [6, 6.07) is 17.4. The molecule has 27 heavy (non-hydrogen) atoms. The van der Waals surface area contributed by atoms with E-state index in [2.05, 4.69) is 27.3 Å². The zero-order valence-corrected chi connectivity index (χ0v) is 15.4. The standard InChI is InChI=1S/C20H24F3N3O/c1-15(18-6-4-3-5-7-18)26-19(24-2)25-12-16-8-10-17(11-9-16)13-27-14-20(21,22)23/h3-11,15H,12-14H2,1-2H3,(H2,24,25,26). The summed E-state index contributed by atoms with van der Waals surface area (Å²) in [6.45, 7) is 1.30. The second-order valence-corrected chi connectivity index (χ2v) is 6.13. The van der Waals surface area contributed by atoms with Crippen LogP contribution < -0.4 is 10.6 Å². The minimum Gasteiger partial charge on any atom is -0.367 e. The van der Waals surface area contributed by atoms with Crippen LogP contribution in [0.2, 0.25) is 0 Å². The van der Waals surface area contributed by atoms with Crippen LogP contribution in [-0.2, 0) is 17.9 Å². The van der Waals surface area contributed by atoms with E-state index in [1.165, 1.54) is 0 Å². The number of guanidine groups is 1. The maximum atomic E-state index is 12.1. The first-order valence-electron chi connectivity index (χ1n) is 8.62. The second-order valence-electron chi connectivity index (χ2n) is 6.13. The molecule has 0 spiro atoms. The van der Waals surface area contributed by atoms with Gasteiger partial charge >= 0.3 is 6.18 Å². The Labute approximate surface area is 157 Å². The average Bonchev–Trinajstić information content (AvgIpc) is 2.65. The fourth-order valence-corrected chi connectivity index (χ4v) is 2.45. The monoisotopic (exact) mass is 379 g/mol. The van der Waals surface area contributed by atoms with Crippen LogP contribution in [0.1, 0.15) is 29.7 Å². The minimum absolute atomic E-state index is 0.0645. The third kappa shape index (κ3) is 7.70. The Bertz CT molecular complexity index is 716. The Hall–Kier alpha value is -2.54. The number of halogens is 3. The van der Waals surface area contributed by atoms with E-state index in [9.17, 15) is 13.2 Å². The summed E-state index contributed by atoms with van der Waals surface area (Å²) in [5.41, 5.74) is 2.84. The molecule has 0 amide bonds. The van der Waals surface area contributed by atoms with Gasteiger partial charge in [0.25, 0.3) is 0 Å². The topological polar surface area (TPSA) is 45.7 Å². The molecule has 2 rings (SSSR count). The van der Waals surface area contributed by atoms with E-state index in [4.69, 9.17) is 0 Å². The van der Waals surface area contributed by atoms with E-state index < -0.39 is 12.8 Å². The zero-order chi connectivity index (χ0) is 19.7. The minimum atomic E-state index is -4.30. The molecule has 0 aromatic heterocycles. The number of alkyl halides is 3. The van der Waals surface area contributed by atoms with Crippen molar-refractivity contribution in [3.63, 3.8) is 0 Å². The number of hydrogen-bond acceptors (Lipinski definition) is 2. The first-order chi connectivity index (χ1) is 12.9. The third-order valence-corrected chi connectivity index (χ3v) is 3.89. The normalized spacial score (nSPS) is 13.3. The first-order valence-corrected chi connectivity index (χ1v) is 8.62. The predicted molar refractivity (Wildman–Crippen MR) is 100 cm³/mol. The molecular weight excluding hydrogens is 355 g/mol. The number of nitrogens with zero attached hydrogens (tertiary/aromatic N) is 1. The van der Waals surface area contributed by atoms with Gasteiger partial charge in [-0.05, 0) is 23.6 Å². The van der Waals surface area contributed by atoms with Crippen molar-refractivity contribution in [3.8, 4) is 0 Å². The highest BCUT2D eigenvalue weighted by atomic mass is 19.4. The largest absolute Gasteiger partial charge is 0.411 e. The molecule has 0 aliphatic heterocycles. The van der Waals surface area contributed by atoms with Crippen molar-refractivity contribution in [3.05, 3.63) is 71.3 Å². The maximum absolute atomic E-state index is 12.1. The summed E-state index contributed by atoms with van der Waals surface area (Å²) in [5, 5.41) is 6.55. The van der Waals surface area contributed by atoms with Gasteiger partial charge in [0, 0.05) is 13.6 Å². The summed E-state index contributed by atoms with van der Waals surface area (Å²) in [6.07, 6.45) is -4.30. The molecule has 7 heteroatoms. The van der Waals surface area contributed by atoms with E-state index in [0.29, 0.717) is 18.1 Å². The van der Waals surface area contributed by atoms with Crippen molar-refractivity contribution in [2.24, 2.45) is 4.99 Å². The Morgan fingerprint density at radius 3 is 2.26 bits per heavy atom. The van der Waals surface area contributed by atoms with Crippen LogP contribution in [0.25, 0.3) is 0 Å². The van der Waals surface area contributed by atoms with Crippen LogP contribution in [-0.4, -0.2) is 25.8 Å². The molecule has 0 radical (unpaired) electrons. The number of benzene rings is 2. The lowest BCUT2D eigenvalue weighted by Gasteiger charge is -2.18. The van der Waals surface area contributed by atoms with Crippen molar-refractivity contribution < 1.29 is 17.9 Å². The van der Waals surface area contributed by atoms with Crippen LogP contribution in [0.4, 0.5) is 13.2 Å². The zero-order valence-electron chi connectivity index (χ0n) is 15.4. The molecule has 0 bridgehead atoms. The van der Waals surface area contributed by atoms with Crippen molar-refractivity contribution in [2.75, 3.05) is 13.7 Å². The first kappa shape index (κ1) is 20.8. The van der Waals surface area contributed by atoms with E-state index in [-0.39, 0.29) is 12.6 Å². The summed E-state index contributed by atoms with van der Waals surface area (Å²) >= 11 is 0. The Morgan fingerprint density at radius 2 is 1.67 bits per heavy atom. The molecule has 2 aromatic carbocycles. The van der Waals surface area contributed by atoms with Gasteiger partial charge < -0.3 is 15.4 Å². The molecule has 0 fully saturated rings. The average molecular weight is 379 g/mol. The molecule has 2 aromatic rings. The highest BCUT2D eigenvalue weighted by Crippen LogP contribution is 2.16. The van der Waals surface area contributed by atoms with Crippen LogP contribution in [0.3, 0.4) is 0 Å². The van der Waals surface area contributed by atoms with Crippen LogP contribution in [0.5, 0.6) is 0 Å². The van der Waals surface area contributed by atoms with Gasteiger partial charge in [-0.1, -0.05) is 54.6 Å². The van der Waals surface area contributed by atoms with Gasteiger partial charge in [0.2, 0.25) is 0 Å². The molecule has 0 aliphatic carbocycles. The van der Waals surface area contributed by atoms with Gasteiger partial charge in [-0.3, -0.25) is 4.99 Å².